The fourth-order valence-corrected chi connectivity index (χ4v) is 3.17. The molecule has 0 bridgehead atoms. The van der Waals surface area contributed by atoms with Gasteiger partial charge in [0.2, 0.25) is 0 Å². The standard InChI is InChI=1S/C16H18FNO2S/c1-2-20-13-9-7-12(8-10-13)15(18)11-21(19)16-6-4-3-5-14(16)17/h3-10,15H,2,11,18H2,1H3. The SMILES string of the molecule is CCOc1ccc(C(N)CS(=O)c2ccccc2F)cc1. The molecule has 0 aliphatic rings. The van der Waals surface area contributed by atoms with Gasteiger partial charge in [0.05, 0.1) is 22.3 Å². The first-order valence-corrected chi connectivity index (χ1v) is 8.05. The topological polar surface area (TPSA) is 52.3 Å². The molecule has 5 heteroatoms. The normalized spacial score (nSPS) is 13.7. The second kappa shape index (κ2) is 7.33. The van der Waals surface area contributed by atoms with Crippen LogP contribution in [0.1, 0.15) is 18.5 Å². The number of nitrogens with two attached hydrogens (primary N) is 1. The predicted molar refractivity (Wildman–Crippen MR) is 82.2 cm³/mol. The fourth-order valence-electron chi connectivity index (χ4n) is 1.96. The first-order valence-electron chi connectivity index (χ1n) is 6.73. The molecule has 0 fully saturated rings. The zero-order valence-corrected chi connectivity index (χ0v) is 12.6. The summed E-state index contributed by atoms with van der Waals surface area (Å²) in [5.41, 5.74) is 6.90. The Morgan fingerprint density at radius 3 is 2.48 bits per heavy atom. The third kappa shape index (κ3) is 4.12. The molecule has 2 atom stereocenters. The highest BCUT2D eigenvalue weighted by Crippen LogP contribution is 2.20. The van der Waals surface area contributed by atoms with E-state index in [1.165, 1.54) is 12.1 Å². The lowest BCUT2D eigenvalue weighted by Crippen LogP contribution is -2.18. The van der Waals surface area contributed by atoms with Crippen LogP contribution < -0.4 is 10.5 Å². The van der Waals surface area contributed by atoms with E-state index in [0.717, 1.165) is 11.3 Å². The number of benzene rings is 2. The molecule has 0 saturated heterocycles. The smallest absolute Gasteiger partial charge is 0.139 e. The Balaban J connectivity index is 2.05. The van der Waals surface area contributed by atoms with Gasteiger partial charge in [-0.2, -0.15) is 0 Å². The van der Waals surface area contributed by atoms with Crippen LogP contribution in [-0.2, 0) is 10.8 Å². The Morgan fingerprint density at radius 2 is 1.86 bits per heavy atom. The van der Waals surface area contributed by atoms with Crippen molar-refractivity contribution < 1.29 is 13.3 Å². The van der Waals surface area contributed by atoms with E-state index in [-0.39, 0.29) is 10.6 Å². The quantitative estimate of drug-likeness (QED) is 0.892. The van der Waals surface area contributed by atoms with Crippen molar-refractivity contribution in [2.75, 3.05) is 12.4 Å². The van der Waals surface area contributed by atoms with Crippen LogP contribution in [0.4, 0.5) is 4.39 Å². The van der Waals surface area contributed by atoms with Gasteiger partial charge in [-0.05, 0) is 36.8 Å². The van der Waals surface area contributed by atoms with E-state index < -0.39 is 22.7 Å². The third-order valence-corrected chi connectivity index (χ3v) is 4.52. The van der Waals surface area contributed by atoms with Crippen molar-refractivity contribution in [3.63, 3.8) is 0 Å². The summed E-state index contributed by atoms with van der Waals surface area (Å²) in [6, 6.07) is 13.0. The Labute approximate surface area is 126 Å². The molecule has 0 saturated carbocycles. The lowest BCUT2D eigenvalue weighted by molar-refractivity contribution is 0.340. The van der Waals surface area contributed by atoms with E-state index in [9.17, 15) is 8.60 Å². The molecular weight excluding hydrogens is 289 g/mol. The molecule has 0 aliphatic heterocycles. The maximum absolute atomic E-state index is 13.6. The summed E-state index contributed by atoms with van der Waals surface area (Å²) in [7, 11) is -1.47. The van der Waals surface area contributed by atoms with Crippen LogP contribution in [0.15, 0.2) is 53.4 Å². The van der Waals surface area contributed by atoms with Crippen molar-refractivity contribution in [3.05, 3.63) is 59.9 Å². The Hall–Kier alpha value is -1.72. The summed E-state index contributed by atoms with van der Waals surface area (Å²) in [6.45, 7) is 2.51. The Bertz CT molecular complexity index is 616. The minimum absolute atomic E-state index is 0.176. The molecule has 0 aromatic heterocycles. The number of ether oxygens (including phenoxy) is 1. The van der Waals surface area contributed by atoms with E-state index in [1.807, 2.05) is 31.2 Å². The number of hydrogen-bond acceptors (Lipinski definition) is 3. The average Bonchev–Trinajstić information content (AvgIpc) is 2.48. The highest BCUT2D eigenvalue weighted by molar-refractivity contribution is 7.85. The summed E-state index contributed by atoms with van der Waals surface area (Å²) < 4.78 is 31.1. The monoisotopic (exact) mass is 307 g/mol. The molecule has 0 amide bonds. The Kier molecular flexibility index (Phi) is 5.47. The van der Waals surface area contributed by atoms with Gasteiger partial charge in [0, 0.05) is 11.8 Å². The molecule has 21 heavy (non-hydrogen) atoms. The lowest BCUT2D eigenvalue weighted by Gasteiger charge is -2.13. The first kappa shape index (κ1) is 15.7. The molecule has 0 aliphatic carbocycles. The van der Waals surface area contributed by atoms with Crippen molar-refractivity contribution in [1.82, 2.24) is 0 Å². The van der Waals surface area contributed by atoms with E-state index in [1.54, 1.807) is 12.1 Å². The van der Waals surface area contributed by atoms with Gasteiger partial charge in [0.15, 0.2) is 0 Å². The van der Waals surface area contributed by atoms with Crippen LogP contribution >= 0.6 is 0 Å². The second-order valence-electron chi connectivity index (χ2n) is 4.55. The van der Waals surface area contributed by atoms with E-state index >= 15 is 0 Å². The fraction of sp³-hybridized carbons (Fsp3) is 0.250. The summed E-state index contributed by atoms with van der Waals surface area (Å²) in [6.07, 6.45) is 0. The largest absolute Gasteiger partial charge is 0.494 e. The molecule has 3 nitrogen and oxygen atoms in total. The molecule has 2 unspecified atom stereocenters. The minimum Gasteiger partial charge on any atom is -0.494 e. The van der Waals surface area contributed by atoms with Gasteiger partial charge in [-0.3, -0.25) is 4.21 Å². The summed E-state index contributed by atoms with van der Waals surface area (Å²) in [5.74, 6) is 0.480. The number of hydrogen-bond donors (Lipinski definition) is 1. The maximum atomic E-state index is 13.6. The van der Waals surface area contributed by atoms with Crippen LogP contribution in [0.5, 0.6) is 5.75 Å². The maximum Gasteiger partial charge on any atom is 0.139 e. The number of rotatable bonds is 6. The van der Waals surface area contributed by atoms with Crippen LogP contribution in [-0.4, -0.2) is 16.6 Å². The summed E-state index contributed by atoms with van der Waals surface area (Å²) >= 11 is 0. The number of halogens is 1. The summed E-state index contributed by atoms with van der Waals surface area (Å²) in [5, 5.41) is 0. The average molecular weight is 307 g/mol. The van der Waals surface area contributed by atoms with Gasteiger partial charge < -0.3 is 10.5 Å². The van der Waals surface area contributed by atoms with Gasteiger partial charge in [0.25, 0.3) is 0 Å². The first-order chi connectivity index (χ1) is 10.1. The van der Waals surface area contributed by atoms with E-state index in [4.69, 9.17) is 10.5 Å². The van der Waals surface area contributed by atoms with Gasteiger partial charge >= 0.3 is 0 Å². The van der Waals surface area contributed by atoms with Crippen LogP contribution in [0, 0.1) is 5.82 Å². The lowest BCUT2D eigenvalue weighted by atomic mass is 10.1. The van der Waals surface area contributed by atoms with Gasteiger partial charge in [0.1, 0.15) is 11.6 Å². The Morgan fingerprint density at radius 1 is 1.19 bits per heavy atom. The molecule has 2 aromatic carbocycles. The molecule has 2 rings (SSSR count). The van der Waals surface area contributed by atoms with Crippen molar-refractivity contribution in [2.45, 2.75) is 17.9 Å². The molecular formula is C16H18FNO2S. The highest BCUT2D eigenvalue weighted by Gasteiger charge is 2.15. The highest BCUT2D eigenvalue weighted by atomic mass is 32.2. The van der Waals surface area contributed by atoms with E-state index in [2.05, 4.69) is 0 Å². The predicted octanol–water partition coefficient (Wildman–Crippen LogP) is 3.03. The minimum atomic E-state index is -1.47. The van der Waals surface area contributed by atoms with Crippen LogP contribution in [0.3, 0.4) is 0 Å². The molecule has 2 N–H and O–H groups in total. The van der Waals surface area contributed by atoms with Crippen LogP contribution in [0.25, 0.3) is 0 Å². The van der Waals surface area contributed by atoms with Crippen molar-refractivity contribution in [2.24, 2.45) is 5.73 Å². The van der Waals surface area contributed by atoms with Gasteiger partial charge in [-0.1, -0.05) is 24.3 Å². The molecule has 0 radical (unpaired) electrons. The van der Waals surface area contributed by atoms with Crippen molar-refractivity contribution >= 4 is 10.8 Å². The molecule has 2 aromatic rings. The molecule has 0 spiro atoms. The van der Waals surface area contributed by atoms with Gasteiger partial charge in [-0.15, -0.1) is 0 Å². The van der Waals surface area contributed by atoms with Crippen LogP contribution in [0.2, 0.25) is 0 Å². The van der Waals surface area contributed by atoms with Crippen molar-refractivity contribution in [1.29, 1.82) is 0 Å². The zero-order valence-electron chi connectivity index (χ0n) is 11.8. The zero-order chi connectivity index (χ0) is 15.2. The van der Waals surface area contributed by atoms with E-state index in [0.29, 0.717) is 6.61 Å². The second-order valence-corrected chi connectivity index (χ2v) is 6.02. The molecule has 112 valence electrons. The van der Waals surface area contributed by atoms with Crippen molar-refractivity contribution in [3.8, 4) is 5.75 Å². The third-order valence-electron chi connectivity index (χ3n) is 3.03. The van der Waals surface area contributed by atoms with Gasteiger partial charge in [-0.25, -0.2) is 4.39 Å². The summed E-state index contributed by atoms with van der Waals surface area (Å²) in [4.78, 5) is 0.193. The molecule has 0 heterocycles.